The highest BCUT2D eigenvalue weighted by atomic mass is 19.4. The van der Waals surface area contributed by atoms with Crippen LogP contribution in [0.25, 0.3) is 11.0 Å². The third-order valence-electron chi connectivity index (χ3n) is 5.21. The van der Waals surface area contributed by atoms with Gasteiger partial charge in [0.15, 0.2) is 5.65 Å². The number of nitrogens with zero attached hydrogens (tertiary/aromatic N) is 3. The zero-order valence-electron chi connectivity index (χ0n) is 18.2. The van der Waals surface area contributed by atoms with Crippen molar-refractivity contribution in [3.63, 3.8) is 0 Å². The molecule has 1 amide bonds. The molecule has 2 heterocycles. The van der Waals surface area contributed by atoms with E-state index in [1.807, 2.05) is 0 Å². The van der Waals surface area contributed by atoms with E-state index >= 15 is 0 Å². The van der Waals surface area contributed by atoms with Crippen LogP contribution in [0.5, 0.6) is 0 Å². The van der Waals surface area contributed by atoms with E-state index < -0.39 is 46.2 Å². The van der Waals surface area contributed by atoms with Gasteiger partial charge < -0.3 is 5.32 Å². The number of carbonyl (C=O) groups is 1. The van der Waals surface area contributed by atoms with Crippen molar-refractivity contribution in [2.24, 2.45) is 14.1 Å². The lowest BCUT2D eigenvalue weighted by Crippen LogP contribution is -2.38. The molecule has 13 heteroatoms. The lowest BCUT2D eigenvalue weighted by atomic mass is 10.0. The van der Waals surface area contributed by atoms with Crippen molar-refractivity contribution < 1.29 is 31.1 Å². The lowest BCUT2D eigenvalue weighted by molar-refractivity contribution is -0.143. The number of nitrogens with one attached hydrogen (secondary N) is 1. The molecule has 3 aromatic rings. The van der Waals surface area contributed by atoms with Crippen molar-refractivity contribution in [3.8, 4) is 0 Å². The summed E-state index contributed by atoms with van der Waals surface area (Å²) < 4.78 is 81.0. The van der Waals surface area contributed by atoms with Crippen molar-refractivity contribution in [2.45, 2.75) is 32.1 Å². The Labute approximate surface area is 187 Å². The van der Waals surface area contributed by atoms with E-state index in [9.17, 15) is 40.7 Å². The highest BCUT2D eigenvalue weighted by molar-refractivity contribution is 6.09. The van der Waals surface area contributed by atoms with Gasteiger partial charge in [-0.05, 0) is 29.7 Å². The second kappa shape index (κ2) is 8.29. The predicted molar refractivity (Wildman–Crippen MR) is 111 cm³/mol. The molecule has 0 bridgehead atoms. The number of hydrogen-bond acceptors (Lipinski definition) is 4. The van der Waals surface area contributed by atoms with Crippen LogP contribution in [0.2, 0.25) is 0 Å². The highest BCUT2D eigenvalue weighted by Crippen LogP contribution is 2.37. The van der Waals surface area contributed by atoms with Crippen LogP contribution in [0.15, 0.2) is 34.0 Å². The number of rotatable bonds is 3. The fourth-order valence-corrected chi connectivity index (χ4v) is 3.39. The minimum atomic E-state index is -5.14. The number of halogens is 6. The Morgan fingerprint density at radius 1 is 0.941 bits per heavy atom. The fraction of sp³-hybridized carbons (Fsp3) is 0.333. The molecule has 0 aliphatic rings. The summed E-state index contributed by atoms with van der Waals surface area (Å²) in [6.45, 7) is 3.36. The molecule has 2 aromatic heterocycles. The maximum Gasteiger partial charge on any atom is 0.416 e. The molecule has 34 heavy (non-hydrogen) atoms. The molecule has 0 saturated carbocycles. The molecule has 1 N–H and O–H groups in total. The first-order valence-electron chi connectivity index (χ1n) is 9.73. The Hall–Kier alpha value is -3.64. The van der Waals surface area contributed by atoms with Crippen LogP contribution in [-0.2, 0) is 26.4 Å². The SMILES string of the molecule is CC(C)c1cnc2c(c1NC(=O)c1cc(C(F)(F)F)cc(C(F)(F)F)c1)c(=O)n(C)c(=O)n2C. The summed E-state index contributed by atoms with van der Waals surface area (Å²) in [5.41, 5.74) is -5.78. The molecule has 0 fully saturated rings. The van der Waals surface area contributed by atoms with Crippen molar-refractivity contribution in [3.05, 3.63) is 67.5 Å². The third-order valence-corrected chi connectivity index (χ3v) is 5.21. The summed E-state index contributed by atoms with van der Waals surface area (Å²) in [5.74, 6) is -1.66. The molecule has 0 aliphatic heterocycles. The Morgan fingerprint density at radius 2 is 1.47 bits per heavy atom. The number of hydrogen-bond donors (Lipinski definition) is 1. The molecule has 0 radical (unpaired) electrons. The van der Waals surface area contributed by atoms with Gasteiger partial charge >= 0.3 is 18.0 Å². The van der Waals surface area contributed by atoms with Gasteiger partial charge in [0.25, 0.3) is 11.5 Å². The highest BCUT2D eigenvalue weighted by Gasteiger charge is 2.37. The Bertz CT molecular complexity index is 1390. The maximum absolute atomic E-state index is 13.2. The zero-order chi connectivity index (χ0) is 25.7. The summed E-state index contributed by atoms with van der Waals surface area (Å²) in [6.07, 6.45) is -9.01. The third kappa shape index (κ3) is 4.41. The molecule has 0 aliphatic carbocycles. The van der Waals surface area contributed by atoms with Crippen LogP contribution < -0.4 is 16.6 Å². The molecule has 0 saturated heterocycles. The first-order valence-corrected chi connectivity index (χ1v) is 9.73. The number of alkyl halides is 6. The van der Waals surface area contributed by atoms with Gasteiger partial charge in [0.1, 0.15) is 5.39 Å². The van der Waals surface area contributed by atoms with Gasteiger partial charge in [0.2, 0.25) is 0 Å². The number of aryl methyl sites for hydroxylation is 1. The predicted octanol–water partition coefficient (Wildman–Crippen LogP) is 4.05. The van der Waals surface area contributed by atoms with Crippen molar-refractivity contribution in [2.75, 3.05) is 5.32 Å². The number of amides is 1. The molecule has 3 rings (SSSR count). The zero-order valence-corrected chi connectivity index (χ0v) is 18.2. The molecule has 0 atom stereocenters. The van der Waals surface area contributed by atoms with Crippen LogP contribution in [0.4, 0.5) is 32.0 Å². The molecule has 182 valence electrons. The Balaban J connectivity index is 2.28. The van der Waals surface area contributed by atoms with Gasteiger partial charge in [0.05, 0.1) is 16.8 Å². The van der Waals surface area contributed by atoms with E-state index in [0.29, 0.717) is 5.56 Å². The van der Waals surface area contributed by atoms with Gasteiger partial charge in [-0.2, -0.15) is 26.3 Å². The molecule has 0 unspecified atom stereocenters. The maximum atomic E-state index is 13.2. The number of carbonyl (C=O) groups excluding carboxylic acids is 1. The minimum absolute atomic E-state index is 0.0936. The number of pyridine rings is 1. The van der Waals surface area contributed by atoms with E-state index in [1.165, 1.54) is 20.3 Å². The molecule has 7 nitrogen and oxygen atoms in total. The van der Waals surface area contributed by atoms with Gasteiger partial charge in [-0.1, -0.05) is 13.8 Å². The van der Waals surface area contributed by atoms with Gasteiger partial charge in [-0.25, -0.2) is 9.78 Å². The summed E-state index contributed by atoms with van der Waals surface area (Å²) in [6, 6.07) is 0.484. The Morgan fingerprint density at radius 3 is 1.94 bits per heavy atom. The van der Waals surface area contributed by atoms with E-state index in [1.54, 1.807) is 13.8 Å². The van der Waals surface area contributed by atoms with Crippen molar-refractivity contribution in [1.29, 1.82) is 0 Å². The topological polar surface area (TPSA) is 86.0 Å². The van der Waals surface area contributed by atoms with Gasteiger partial charge in [-0.15, -0.1) is 0 Å². The molecular formula is C21H18F6N4O3. The van der Waals surface area contributed by atoms with Crippen LogP contribution in [0.1, 0.15) is 46.8 Å². The fourth-order valence-electron chi connectivity index (χ4n) is 3.39. The van der Waals surface area contributed by atoms with Gasteiger partial charge in [0, 0.05) is 25.9 Å². The normalized spacial score (nSPS) is 12.4. The summed E-state index contributed by atoms with van der Waals surface area (Å²) in [7, 11) is 2.50. The second-order valence-electron chi connectivity index (χ2n) is 7.90. The number of aromatic nitrogens is 3. The largest absolute Gasteiger partial charge is 0.416 e. The van der Waals surface area contributed by atoms with Crippen LogP contribution in [-0.4, -0.2) is 20.0 Å². The summed E-state index contributed by atoms with van der Waals surface area (Å²) in [4.78, 5) is 42.1. The average Bonchev–Trinajstić information content (AvgIpc) is 2.74. The lowest BCUT2D eigenvalue weighted by Gasteiger charge is -2.18. The average molecular weight is 488 g/mol. The van der Waals surface area contributed by atoms with Crippen LogP contribution >= 0.6 is 0 Å². The minimum Gasteiger partial charge on any atom is -0.321 e. The summed E-state index contributed by atoms with van der Waals surface area (Å²) >= 11 is 0. The second-order valence-corrected chi connectivity index (χ2v) is 7.90. The van der Waals surface area contributed by atoms with E-state index in [2.05, 4.69) is 10.3 Å². The quantitative estimate of drug-likeness (QED) is 0.564. The van der Waals surface area contributed by atoms with E-state index in [0.717, 1.165) is 9.13 Å². The monoisotopic (exact) mass is 488 g/mol. The number of fused-ring (bicyclic) bond motifs is 1. The summed E-state index contributed by atoms with van der Waals surface area (Å²) in [5, 5.41) is 2.07. The standard InChI is InChI=1S/C21H18F6N4O3/c1-9(2)13-8-28-16-14(18(33)31(4)19(34)30(16)3)15(13)29-17(32)10-5-11(20(22,23)24)7-12(6-10)21(25,26)27/h5-9H,1-4H3,(H,28,29,32). The van der Waals surface area contributed by atoms with Crippen molar-refractivity contribution in [1.82, 2.24) is 14.1 Å². The molecule has 1 aromatic carbocycles. The van der Waals surface area contributed by atoms with Gasteiger partial charge in [-0.3, -0.25) is 18.7 Å². The number of benzene rings is 1. The van der Waals surface area contributed by atoms with Crippen molar-refractivity contribution >= 4 is 22.6 Å². The van der Waals surface area contributed by atoms with E-state index in [4.69, 9.17) is 0 Å². The smallest absolute Gasteiger partial charge is 0.321 e. The first kappa shape index (κ1) is 25.0. The molecule has 0 spiro atoms. The van der Waals surface area contributed by atoms with Crippen LogP contribution in [0, 0.1) is 0 Å². The first-order chi connectivity index (χ1) is 15.5. The van der Waals surface area contributed by atoms with Crippen LogP contribution in [0.3, 0.4) is 0 Å². The number of anilines is 1. The molecular weight excluding hydrogens is 470 g/mol. The Kier molecular flexibility index (Phi) is 6.10. The van der Waals surface area contributed by atoms with E-state index in [-0.39, 0.29) is 40.8 Å².